The number of carbonyl (C=O) groups is 1. The van der Waals surface area contributed by atoms with Gasteiger partial charge in [0.25, 0.3) is 5.91 Å². The molecule has 0 saturated carbocycles. The van der Waals surface area contributed by atoms with Crippen molar-refractivity contribution in [1.82, 2.24) is 10.3 Å². The first-order valence-electron chi connectivity index (χ1n) is 4.99. The van der Waals surface area contributed by atoms with Crippen molar-refractivity contribution >= 4 is 11.7 Å². The smallest absolute Gasteiger partial charge is 0.252 e. The van der Waals surface area contributed by atoms with Gasteiger partial charge in [-0.3, -0.25) is 9.59 Å². The molecule has 0 aliphatic rings. The van der Waals surface area contributed by atoms with Crippen molar-refractivity contribution in [3.63, 3.8) is 0 Å². The van der Waals surface area contributed by atoms with E-state index in [9.17, 15) is 9.59 Å². The van der Waals surface area contributed by atoms with Gasteiger partial charge >= 0.3 is 0 Å². The van der Waals surface area contributed by atoms with Crippen LogP contribution in [0.25, 0.3) is 0 Å². The summed E-state index contributed by atoms with van der Waals surface area (Å²) in [5, 5.41) is 13.9. The zero-order chi connectivity index (χ0) is 12.8. The number of nitrogens with two attached hydrogens (primary N) is 1. The molecular weight excluding hydrogens is 224 g/mol. The molecule has 1 rings (SSSR count). The number of hydrogen-bond donors (Lipinski definition) is 4. The molecular formula is C10H14N4O3. The lowest BCUT2D eigenvalue weighted by molar-refractivity contribution is 0.0950. The van der Waals surface area contributed by atoms with Crippen molar-refractivity contribution < 1.29 is 10.0 Å². The predicted octanol–water partition coefficient (Wildman–Crippen LogP) is -0.513. The lowest BCUT2D eigenvalue weighted by atomic mass is 10.1. The third-order valence-electron chi connectivity index (χ3n) is 2.24. The molecule has 92 valence electrons. The summed E-state index contributed by atoms with van der Waals surface area (Å²) in [6.45, 7) is 1.95. The van der Waals surface area contributed by atoms with Gasteiger partial charge in [-0.15, -0.1) is 0 Å². The van der Waals surface area contributed by atoms with Gasteiger partial charge < -0.3 is 21.2 Å². The second-order valence-corrected chi connectivity index (χ2v) is 3.58. The van der Waals surface area contributed by atoms with E-state index in [4.69, 9.17) is 10.9 Å². The summed E-state index contributed by atoms with van der Waals surface area (Å²) in [6, 6.07) is 2.68. The highest BCUT2D eigenvalue weighted by atomic mass is 16.4. The average molecular weight is 238 g/mol. The first-order valence-corrected chi connectivity index (χ1v) is 4.99. The lowest BCUT2D eigenvalue weighted by Gasteiger charge is -2.10. The topological polar surface area (TPSA) is 121 Å². The molecule has 17 heavy (non-hydrogen) atoms. The molecule has 7 nitrogen and oxygen atoms in total. The fourth-order valence-corrected chi connectivity index (χ4v) is 1.10. The van der Waals surface area contributed by atoms with E-state index in [1.165, 1.54) is 18.3 Å². The number of nitrogens with zero attached hydrogens (tertiary/aromatic N) is 1. The second kappa shape index (κ2) is 5.69. The van der Waals surface area contributed by atoms with Crippen molar-refractivity contribution in [1.29, 1.82) is 0 Å². The van der Waals surface area contributed by atoms with E-state index in [0.717, 1.165) is 0 Å². The quantitative estimate of drug-likeness (QED) is 0.244. The average Bonchev–Trinajstić information content (AvgIpc) is 2.35. The molecule has 0 radical (unpaired) electrons. The number of oxime groups is 1. The van der Waals surface area contributed by atoms with Crippen LogP contribution in [0.1, 0.15) is 17.3 Å². The highest BCUT2D eigenvalue weighted by molar-refractivity contribution is 5.94. The van der Waals surface area contributed by atoms with Crippen molar-refractivity contribution in [2.75, 3.05) is 6.54 Å². The maximum absolute atomic E-state index is 11.6. The molecule has 1 aromatic heterocycles. The SMILES string of the molecule is CC(CNC(=O)c1ccc(=O)[nH]c1)/C(N)=N/O. The minimum atomic E-state index is -0.334. The van der Waals surface area contributed by atoms with E-state index < -0.39 is 0 Å². The number of aromatic nitrogens is 1. The Morgan fingerprint density at radius 2 is 2.35 bits per heavy atom. The van der Waals surface area contributed by atoms with Crippen LogP contribution in [0.2, 0.25) is 0 Å². The van der Waals surface area contributed by atoms with Crippen LogP contribution in [-0.4, -0.2) is 28.5 Å². The normalized spacial score (nSPS) is 13.1. The Hall–Kier alpha value is -2.31. The monoisotopic (exact) mass is 238 g/mol. The van der Waals surface area contributed by atoms with Crippen molar-refractivity contribution in [3.05, 3.63) is 34.2 Å². The summed E-state index contributed by atoms with van der Waals surface area (Å²) in [4.78, 5) is 24.8. The zero-order valence-electron chi connectivity index (χ0n) is 9.30. The van der Waals surface area contributed by atoms with Crippen molar-refractivity contribution in [2.24, 2.45) is 16.8 Å². The van der Waals surface area contributed by atoms with E-state index in [-0.39, 0.29) is 29.8 Å². The molecule has 1 atom stereocenters. The number of pyridine rings is 1. The minimum Gasteiger partial charge on any atom is -0.409 e. The molecule has 7 heteroatoms. The van der Waals surface area contributed by atoms with Gasteiger partial charge in [0.15, 0.2) is 0 Å². The van der Waals surface area contributed by atoms with Gasteiger partial charge in [-0.1, -0.05) is 12.1 Å². The molecule has 0 saturated heterocycles. The third kappa shape index (κ3) is 3.63. The van der Waals surface area contributed by atoms with E-state index in [1.807, 2.05) is 0 Å². The first-order chi connectivity index (χ1) is 8.04. The maximum Gasteiger partial charge on any atom is 0.252 e. The Labute approximate surface area is 97.3 Å². The van der Waals surface area contributed by atoms with Crippen molar-refractivity contribution in [2.45, 2.75) is 6.92 Å². The third-order valence-corrected chi connectivity index (χ3v) is 2.24. The van der Waals surface area contributed by atoms with Crippen LogP contribution in [0.5, 0.6) is 0 Å². The first kappa shape index (κ1) is 12.8. The van der Waals surface area contributed by atoms with Crippen LogP contribution in [0.4, 0.5) is 0 Å². The summed E-state index contributed by atoms with van der Waals surface area (Å²) in [7, 11) is 0. The Balaban J connectivity index is 2.56. The van der Waals surface area contributed by atoms with Gasteiger partial charge in [0, 0.05) is 24.7 Å². The highest BCUT2D eigenvalue weighted by Gasteiger charge is 2.10. The minimum absolute atomic E-state index is 0.0479. The van der Waals surface area contributed by atoms with E-state index in [1.54, 1.807) is 6.92 Å². The summed E-state index contributed by atoms with van der Waals surface area (Å²) in [5.41, 5.74) is 5.43. The summed E-state index contributed by atoms with van der Waals surface area (Å²) in [5.74, 6) is -0.558. The molecule has 0 aliphatic carbocycles. The Morgan fingerprint density at radius 3 is 2.88 bits per heavy atom. The number of amidine groups is 1. The van der Waals surface area contributed by atoms with Gasteiger partial charge in [-0.25, -0.2) is 0 Å². The van der Waals surface area contributed by atoms with E-state index in [2.05, 4.69) is 15.5 Å². The second-order valence-electron chi connectivity index (χ2n) is 3.58. The number of carbonyl (C=O) groups excluding carboxylic acids is 1. The molecule has 0 bridgehead atoms. The number of hydrogen-bond acceptors (Lipinski definition) is 4. The van der Waals surface area contributed by atoms with Crippen LogP contribution < -0.4 is 16.6 Å². The molecule has 1 aromatic rings. The van der Waals surface area contributed by atoms with E-state index >= 15 is 0 Å². The maximum atomic E-state index is 11.6. The molecule has 0 aliphatic heterocycles. The van der Waals surface area contributed by atoms with Crippen LogP contribution in [0.3, 0.4) is 0 Å². The number of aromatic amines is 1. The van der Waals surface area contributed by atoms with Crippen molar-refractivity contribution in [3.8, 4) is 0 Å². The summed E-state index contributed by atoms with van der Waals surface area (Å²) < 4.78 is 0. The molecule has 0 fully saturated rings. The van der Waals surface area contributed by atoms with Crippen LogP contribution >= 0.6 is 0 Å². The Kier molecular flexibility index (Phi) is 4.27. The number of amides is 1. The molecule has 1 unspecified atom stereocenters. The standard InChI is InChI=1S/C10H14N4O3/c1-6(9(11)14-17)4-13-10(16)7-2-3-8(15)12-5-7/h2-3,5-6,17H,4H2,1H3,(H2,11,14)(H,12,15)(H,13,16). The van der Waals surface area contributed by atoms with Gasteiger partial charge in [0.05, 0.1) is 5.56 Å². The largest absolute Gasteiger partial charge is 0.409 e. The molecule has 0 aromatic carbocycles. The summed E-state index contributed by atoms with van der Waals surface area (Å²) in [6.07, 6.45) is 1.33. The van der Waals surface area contributed by atoms with E-state index in [0.29, 0.717) is 5.56 Å². The van der Waals surface area contributed by atoms with Gasteiger partial charge in [-0.2, -0.15) is 0 Å². The lowest BCUT2D eigenvalue weighted by Crippen LogP contribution is -2.34. The molecule has 1 amide bonds. The number of nitrogens with one attached hydrogen (secondary N) is 2. The highest BCUT2D eigenvalue weighted by Crippen LogP contribution is 1.96. The Bertz CT molecular complexity index is 460. The van der Waals surface area contributed by atoms with Gasteiger partial charge in [0.1, 0.15) is 5.84 Å². The molecule has 5 N–H and O–H groups in total. The number of rotatable bonds is 4. The Morgan fingerprint density at radius 1 is 1.65 bits per heavy atom. The van der Waals surface area contributed by atoms with Crippen LogP contribution in [0, 0.1) is 5.92 Å². The zero-order valence-corrected chi connectivity index (χ0v) is 9.30. The number of H-pyrrole nitrogens is 1. The molecule has 1 heterocycles. The van der Waals surface area contributed by atoms with Gasteiger partial charge in [-0.05, 0) is 6.07 Å². The molecule has 0 spiro atoms. The van der Waals surface area contributed by atoms with Crippen LogP contribution in [0.15, 0.2) is 28.3 Å². The summed E-state index contributed by atoms with van der Waals surface area (Å²) >= 11 is 0. The fraction of sp³-hybridized carbons (Fsp3) is 0.300. The fourth-order valence-electron chi connectivity index (χ4n) is 1.10. The van der Waals surface area contributed by atoms with Crippen LogP contribution in [-0.2, 0) is 0 Å². The predicted molar refractivity (Wildman–Crippen MR) is 62.0 cm³/mol. The van der Waals surface area contributed by atoms with Gasteiger partial charge in [0.2, 0.25) is 5.56 Å².